The molecule has 1 heterocycles. The Balaban J connectivity index is 0.00000280. The molecular weight excluding hydrogens is 399 g/mol. The van der Waals surface area contributed by atoms with Gasteiger partial charge in [0.2, 0.25) is 10.0 Å². The van der Waals surface area contributed by atoms with Gasteiger partial charge < -0.3 is 0 Å². The number of hydrogen-bond acceptors (Lipinski definition) is 3. The minimum atomic E-state index is -3.21. The van der Waals surface area contributed by atoms with Crippen LogP contribution in [0.2, 0.25) is 0 Å². The molecule has 0 unspecified atom stereocenters. The van der Waals surface area contributed by atoms with Crippen molar-refractivity contribution in [1.82, 2.24) is 9.62 Å². The van der Waals surface area contributed by atoms with E-state index in [1.54, 1.807) is 12.1 Å². The second-order valence-electron chi connectivity index (χ2n) is 7.46. The third-order valence-corrected chi connectivity index (χ3v) is 5.99. The maximum atomic E-state index is 13.1. The standard InChI is InChI=1S/C21H27FN2O2S.ClH/c1-16(23-27(2,25)26)18-5-3-17(4-6-18)15-24-13-11-20(12-14-24)19-7-9-21(22)10-8-19;/h3-10,16,20,23H,11-15H2,1-2H3;1H/t16-;/m1./s1. The lowest BCUT2D eigenvalue weighted by molar-refractivity contribution is 0.204. The first-order valence-corrected chi connectivity index (χ1v) is 11.2. The van der Waals surface area contributed by atoms with E-state index in [-0.39, 0.29) is 24.3 Å². The Hall–Kier alpha value is -1.47. The van der Waals surface area contributed by atoms with Crippen LogP contribution in [0.5, 0.6) is 0 Å². The number of hydrogen-bond donors (Lipinski definition) is 1. The number of halogens is 2. The van der Waals surface area contributed by atoms with Gasteiger partial charge in [0, 0.05) is 12.6 Å². The lowest BCUT2D eigenvalue weighted by atomic mass is 9.89. The molecule has 2 aromatic rings. The Kier molecular flexibility index (Phi) is 8.01. The van der Waals surface area contributed by atoms with Crippen LogP contribution in [0.4, 0.5) is 4.39 Å². The van der Waals surface area contributed by atoms with Crippen LogP contribution >= 0.6 is 12.4 Å². The van der Waals surface area contributed by atoms with Crippen LogP contribution in [0.25, 0.3) is 0 Å². The van der Waals surface area contributed by atoms with Crippen LogP contribution in [0, 0.1) is 5.82 Å². The van der Waals surface area contributed by atoms with Gasteiger partial charge in [-0.15, -0.1) is 12.4 Å². The Morgan fingerprint density at radius 1 is 1.07 bits per heavy atom. The molecule has 1 atom stereocenters. The molecule has 0 bridgehead atoms. The van der Waals surface area contributed by atoms with Crippen molar-refractivity contribution in [3.63, 3.8) is 0 Å². The molecule has 0 spiro atoms. The van der Waals surface area contributed by atoms with Crippen molar-refractivity contribution in [3.05, 3.63) is 71.0 Å². The number of nitrogens with one attached hydrogen (secondary N) is 1. The van der Waals surface area contributed by atoms with E-state index in [2.05, 4.69) is 21.8 Å². The highest BCUT2D eigenvalue weighted by Crippen LogP contribution is 2.28. The maximum absolute atomic E-state index is 13.1. The van der Waals surface area contributed by atoms with Crippen molar-refractivity contribution < 1.29 is 12.8 Å². The predicted octanol–water partition coefficient (Wildman–Crippen LogP) is 4.24. The minimum Gasteiger partial charge on any atom is -0.299 e. The fourth-order valence-electron chi connectivity index (χ4n) is 3.72. The molecule has 0 aromatic heterocycles. The summed E-state index contributed by atoms with van der Waals surface area (Å²) in [5, 5.41) is 0. The van der Waals surface area contributed by atoms with Gasteiger partial charge in [-0.2, -0.15) is 0 Å². The zero-order valence-corrected chi connectivity index (χ0v) is 17.9. The lowest BCUT2D eigenvalue weighted by Crippen LogP contribution is -2.32. The topological polar surface area (TPSA) is 49.4 Å². The van der Waals surface area contributed by atoms with Gasteiger partial charge in [-0.3, -0.25) is 4.90 Å². The summed E-state index contributed by atoms with van der Waals surface area (Å²) in [5.41, 5.74) is 3.41. The average molecular weight is 427 g/mol. The summed E-state index contributed by atoms with van der Waals surface area (Å²) in [6.45, 7) is 4.78. The molecule has 154 valence electrons. The summed E-state index contributed by atoms with van der Waals surface area (Å²) in [7, 11) is -3.21. The van der Waals surface area contributed by atoms with Crippen LogP contribution in [0.1, 0.15) is 48.4 Å². The molecule has 0 amide bonds. The van der Waals surface area contributed by atoms with Crippen molar-refractivity contribution in [1.29, 1.82) is 0 Å². The maximum Gasteiger partial charge on any atom is 0.209 e. The van der Waals surface area contributed by atoms with E-state index in [0.717, 1.165) is 38.0 Å². The SMILES string of the molecule is C[C@@H](NS(C)(=O)=O)c1ccc(CN2CCC(c3ccc(F)cc3)CC2)cc1.Cl. The van der Waals surface area contributed by atoms with Gasteiger partial charge in [0.05, 0.1) is 6.26 Å². The first-order chi connectivity index (χ1) is 12.8. The Labute approximate surface area is 173 Å². The summed E-state index contributed by atoms with van der Waals surface area (Å²) in [5.74, 6) is 0.327. The van der Waals surface area contributed by atoms with Crippen molar-refractivity contribution in [3.8, 4) is 0 Å². The normalized spacial score (nSPS) is 17.1. The van der Waals surface area contributed by atoms with Gasteiger partial charge in [0.25, 0.3) is 0 Å². The Bertz CT molecular complexity index is 849. The Morgan fingerprint density at radius 2 is 1.64 bits per heavy atom. The summed E-state index contributed by atoms with van der Waals surface area (Å²) in [6.07, 6.45) is 3.34. The van der Waals surface area contributed by atoms with Gasteiger partial charge in [0.15, 0.2) is 0 Å². The predicted molar refractivity (Wildman–Crippen MR) is 114 cm³/mol. The van der Waals surface area contributed by atoms with Crippen LogP contribution in [0.15, 0.2) is 48.5 Å². The van der Waals surface area contributed by atoms with Gasteiger partial charge in [-0.1, -0.05) is 36.4 Å². The fourth-order valence-corrected chi connectivity index (χ4v) is 4.50. The number of piperidine rings is 1. The number of benzene rings is 2. The van der Waals surface area contributed by atoms with Gasteiger partial charge in [0.1, 0.15) is 5.82 Å². The average Bonchev–Trinajstić information content (AvgIpc) is 2.62. The monoisotopic (exact) mass is 426 g/mol. The zero-order valence-electron chi connectivity index (χ0n) is 16.3. The number of rotatable bonds is 6. The minimum absolute atomic E-state index is 0. The third kappa shape index (κ3) is 6.55. The molecule has 2 aromatic carbocycles. The van der Waals surface area contributed by atoms with Crippen LogP contribution < -0.4 is 4.72 Å². The molecule has 1 aliphatic heterocycles. The van der Waals surface area contributed by atoms with E-state index in [4.69, 9.17) is 0 Å². The molecule has 28 heavy (non-hydrogen) atoms. The molecule has 3 rings (SSSR count). The van der Waals surface area contributed by atoms with E-state index in [1.807, 2.05) is 31.2 Å². The molecule has 1 saturated heterocycles. The molecule has 4 nitrogen and oxygen atoms in total. The number of nitrogens with zero attached hydrogens (tertiary/aromatic N) is 1. The van der Waals surface area contributed by atoms with Gasteiger partial charge in [-0.05, 0) is 67.6 Å². The molecule has 0 radical (unpaired) electrons. The van der Waals surface area contributed by atoms with Crippen molar-refractivity contribution in [2.75, 3.05) is 19.3 Å². The Morgan fingerprint density at radius 3 is 2.18 bits per heavy atom. The molecule has 7 heteroatoms. The van der Waals surface area contributed by atoms with Gasteiger partial charge in [-0.25, -0.2) is 17.5 Å². The first kappa shape index (κ1) is 22.8. The molecule has 0 saturated carbocycles. The smallest absolute Gasteiger partial charge is 0.209 e. The third-order valence-electron chi connectivity index (χ3n) is 5.21. The highest BCUT2D eigenvalue weighted by Gasteiger charge is 2.20. The highest BCUT2D eigenvalue weighted by molar-refractivity contribution is 7.88. The van der Waals surface area contributed by atoms with Crippen molar-refractivity contribution >= 4 is 22.4 Å². The number of sulfonamides is 1. The fraction of sp³-hybridized carbons (Fsp3) is 0.429. The lowest BCUT2D eigenvalue weighted by Gasteiger charge is -2.32. The van der Waals surface area contributed by atoms with E-state index < -0.39 is 10.0 Å². The highest BCUT2D eigenvalue weighted by atomic mass is 35.5. The van der Waals surface area contributed by atoms with Crippen LogP contribution in [-0.2, 0) is 16.6 Å². The zero-order chi connectivity index (χ0) is 19.4. The summed E-state index contributed by atoms with van der Waals surface area (Å²) >= 11 is 0. The number of likely N-dealkylation sites (tertiary alicyclic amines) is 1. The summed E-state index contributed by atoms with van der Waals surface area (Å²) < 4.78 is 38.4. The quantitative estimate of drug-likeness (QED) is 0.751. The van der Waals surface area contributed by atoms with Crippen molar-refractivity contribution in [2.45, 2.75) is 38.3 Å². The molecule has 1 aliphatic rings. The first-order valence-electron chi connectivity index (χ1n) is 9.34. The van der Waals surface area contributed by atoms with Crippen LogP contribution in [-0.4, -0.2) is 32.7 Å². The van der Waals surface area contributed by atoms with Gasteiger partial charge >= 0.3 is 0 Å². The van der Waals surface area contributed by atoms with Crippen LogP contribution in [0.3, 0.4) is 0 Å². The summed E-state index contributed by atoms with van der Waals surface area (Å²) in [4.78, 5) is 2.44. The van der Waals surface area contributed by atoms with E-state index >= 15 is 0 Å². The second kappa shape index (κ2) is 9.83. The molecule has 0 aliphatic carbocycles. The molecule has 1 N–H and O–H groups in total. The largest absolute Gasteiger partial charge is 0.299 e. The molecular formula is C21H28ClFN2O2S. The second-order valence-corrected chi connectivity index (χ2v) is 9.24. The van der Waals surface area contributed by atoms with E-state index in [1.165, 1.54) is 17.4 Å². The van der Waals surface area contributed by atoms with E-state index in [0.29, 0.717) is 5.92 Å². The van der Waals surface area contributed by atoms with Crippen molar-refractivity contribution in [2.24, 2.45) is 0 Å². The molecule has 1 fully saturated rings. The van der Waals surface area contributed by atoms with E-state index in [9.17, 15) is 12.8 Å². The summed E-state index contributed by atoms with van der Waals surface area (Å²) in [6, 6.07) is 14.8.